The fourth-order valence-electron chi connectivity index (χ4n) is 2.29. The first-order valence-corrected chi connectivity index (χ1v) is 10.2. The molecular formula is C19H24FNO4S. The van der Waals surface area contributed by atoms with Crippen LogP contribution in [-0.2, 0) is 23.0 Å². The van der Waals surface area contributed by atoms with Crippen molar-refractivity contribution in [3.63, 3.8) is 0 Å². The molecule has 0 heterocycles. The van der Waals surface area contributed by atoms with Crippen LogP contribution >= 0.6 is 0 Å². The first-order chi connectivity index (χ1) is 12.4. The molecule has 2 aromatic rings. The molecule has 0 unspecified atom stereocenters. The highest BCUT2D eigenvalue weighted by atomic mass is 32.2. The maximum atomic E-state index is 12.9. The van der Waals surface area contributed by atoms with Gasteiger partial charge in [0.05, 0.1) is 12.9 Å². The maximum Gasteiger partial charge on any atom is 0.161 e. The van der Waals surface area contributed by atoms with Gasteiger partial charge in [0.25, 0.3) is 0 Å². The molecule has 1 N–H and O–H groups in total. The van der Waals surface area contributed by atoms with Gasteiger partial charge in [-0.25, -0.2) is 12.8 Å². The molecule has 0 saturated heterocycles. The number of nitrogens with one attached hydrogen (secondary N) is 1. The lowest BCUT2D eigenvalue weighted by Gasteiger charge is -2.13. The molecule has 26 heavy (non-hydrogen) atoms. The summed E-state index contributed by atoms with van der Waals surface area (Å²) in [5.74, 6) is 1.18. The molecule has 0 atom stereocenters. The third-order valence-electron chi connectivity index (χ3n) is 3.89. The van der Waals surface area contributed by atoms with Crippen LogP contribution in [0.1, 0.15) is 18.1 Å². The second-order valence-corrected chi connectivity index (χ2v) is 8.29. The normalized spacial score (nSPS) is 11.3. The number of hydrogen-bond acceptors (Lipinski definition) is 5. The molecule has 0 amide bonds. The van der Waals surface area contributed by atoms with E-state index in [0.29, 0.717) is 31.2 Å². The lowest BCUT2D eigenvalue weighted by atomic mass is 10.2. The summed E-state index contributed by atoms with van der Waals surface area (Å²) < 4.78 is 47.0. The molecule has 7 heteroatoms. The van der Waals surface area contributed by atoms with Gasteiger partial charge in [-0.3, -0.25) is 0 Å². The van der Waals surface area contributed by atoms with Crippen molar-refractivity contribution in [2.24, 2.45) is 0 Å². The largest absolute Gasteiger partial charge is 0.493 e. The average molecular weight is 381 g/mol. The standard InChI is InChI=1S/C19H24FNO4S/c1-3-26(22,23)11-10-21-13-16-6-9-18(19(12-16)24-2)25-14-15-4-7-17(20)8-5-15/h4-9,12,21H,3,10-11,13-14H2,1-2H3. The van der Waals surface area contributed by atoms with Crippen molar-refractivity contribution in [1.82, 2.24) is 5.32 Å². The number of halogens is 1. The minimum atomic E-state index is -2.96. The fourth-order valence-corrected chi connectivity index (χ4v) is 3.03. The minimum Gasteiger partial charge on any atom is -0.493 e. The molecule has 2 rings (SSSR count). The van der Waals surface area contributed by atoms with E-state index >= 15 is 0 Å². The van der Waals surface area contributed by atoms with E-state index in [2.05, 4.69) is 5.32 Å². The predicted molar refractivity (Wildman–Crippen MR) is 99.8 cm³/mol. The molecule has 0 bridgehead atoms. The van der Waals surface area contributed by atoms with Gasteiger partial charge in [0.2, 0.25) is 0 Å². The smallest absolute Gasteiger partial charge is 0.161 e. The molecule has 0 aromatic heterocycles. The number of methoxy groups -OCH3 is 1. The topological polar surface area (TPSA) is 64.6 Å². The highest BCUT2D eigenvalue weighted by Gasteiger charge is 2.08. The Kier molecular flexibility index (Phi) is 7.41. The fraction of sp³-hybridized carbons (Fsp3) is 0.368. The summed E-state index contributed by atoms with van der Waals surface area (Å²) >= 11 is 0. The Hall–Kier alpha value is -2.12. The summed E-state index contributed by atoms with van der Waals surface area (Å²) in [4.78, 5) is 0. The van der Waals surface area contributed by atoms with Crippen LogP contribution in [0, 0.1) is 5.82 Å². The van der Waals surface area contributed by atoms with Gasteiger partial charge in [0.15, 0.2) is 21.3 Å². The summed E-state index contributed by atoms with van der Waals surface area (Å²) in [6, 6.07) is 11.7. The van der Waals surface area contributed by atoms with E-state index in [1.807, 2.05) is 18.2 Å². The van der Waals surface area contributed by atoms with Gasteiger partial charge in [0, 0.05) is 18.8 Å². The van der Waals surface area contributed by atoms with Crippen molar-refractivity contribution < 1.29 is 22.3 Å². The first kappa shape index (κ1) is 20.2. The van der Waals surface area contributed by atoms with E-state index < -0.39 is 9.84 Å². The van der Waals surface area contributed by atoms with Crippen molar-refractivity contribution in [2.45, 2.75) is 20.1 Å². The molecule has 0 aliphatic carbocycles. The highest BCUT2D eigenvalue weighted by Crippen LogP contribution is 2.28. The number of rotatable bonds is 10. The zero-order valence-corrected chi connectivity index (χ0v) is 15.8. The molecular weight excluding hydrogens is 357 g/mol. The van der Waals surface area contributed by atoms with Gasteiger partial charge in [0.1, 0.15) is 12.4 Å². The van der Waals surface area contributed by atoms with Crippen LogP contribution in [0.3, 0.4) is 0 Å². The average Bonchev–Trinajstić information content (AvgIpc) is 2.65. The predicted octanol–water partition coefficient (Wildman–Crippen LogP) is 2.94. The Morgan fingerprint density at radius 3 is 2.38 bits per heavy atom. The van der Waals surface area contributed by atoms with Crippen molar-refractivity contribution in [2.75, 3.05) is 25.2 Å². The van der Waals surface area contributed by atoms with E-state index in [-0.39, 0.29) is 17.3 Å². The van der Waals surface area contributed by atoms with E-state index in [1.54, 1.807) is 26.2 Å². The monoisotopic (exact) mass is 381 g/mol. The van der Waals surface area contributed by atoms with E-state index in [9.17, 15) is 12.8 Å². The SMILES string of the molecule is CCS(=O)(=O)CCNCc1ccc(OCc2ccc(F)cc2)c(OC)c1. The summed E-state index contributed by atoms with van der Waals surface area (Å²) in [6.07, 6.45) is 0. The lowest BCUT2D eigenvalue weighted by molar-refractivity contribution is 0.284. The Labute approximate surface area is 154 Å². The molecule has 2 aromatic carbocycles. The van der Waals surface area contributed by atoms with Crippen molar-refractivity contribution in [3.8, 4) is 11.5 Å². The zero-order valence-electron chi connectivity index (χ0n) is 15.0. The van der Waals surface area contributed by atoms with Crippen molar-refractivity contribution >= 4 is 9.84 Å². The van der Waals surface area contributed by atoms with Gasteiger partial charge in [-0.1, -0.05) is 25.1 Å². The summed E-state index contributed by atoms with van der Waals surface area (Å²) in [5, 5.41) is 3.11. The Balaban J connectivity index is 1.90. The number of sulfone groups is 1. The zero-order chi connectivity index (χ0) is 19.0. The third kappa shape index (κ3) is 6.31. The highest BCUT2D eigenvalue weighted by molar-refractivity contribution is 7.91. The van der Waals surface area contributed by atoms with Crippen LogP contribution in [0.25, 0.3) is 0 Å². The van der Waals surface area contributed by atoms with E-state index in [0.717, 1.165) is 11.1 Å². The van der Waals surface area contributed by atoms with Crippen LogP contribution in [0.2, 0.25) is 0 Å². The van der Waals surface area contributed by atoms with Gasteiger partial charge in [-0.15, -0.1) is 0 Å². The molecule has 0 aliphatic rings. The van der Waals surface area contributed by atoms with Crippen molar-refractivity contribution in [3.05, 3.63) is 59.4 Å². The van der Waals surface area contributed by atoms with Crippen LogP contribution in [0.5, 0.6) is 11.5 Å². The van der Waals surface area contributed by atoms with Crippen LogP contribution in [0.4, 0.5) is 4.39 Å². The third-order valence-corrected chi connectivity index (χ3v) is 5.60. The minimum absolute atomic E-state index is 0.125. The quantitative estimate of drug-likeness (QED) is 0.641. The van der Waals surface area contributed by atoms with Gasteiger partial charge in [-0.2, -0.15) is 0 Å². The first-order valence-electron chi connectivity index (χ1n) is 8.39. The summed E-state index contributed by atoms with van der Waals surface area (Å²) in [7, 11) is -1.40. The maximum absolute atomic E-state index is 12.9. The summed E-state index contributed by atoms with van der Waals surface area (Å²) in [5.41, 5.74) is 1.82. The van der Waals surface area contributed by atoms with Crippen LogP contribution < -0.4 is 14.8 Å². The number of hydrogen-bond donors (Lipinski definition) is 1. The molecule has 0 fully saturated rings. The van der Waals surface area contributed by atoms with Gasteiger partial charge in [-0.05, 0) is 35.4 Å². The molecule has 5 nitrogen and oxygen atoms in total. The Bertz CT molecular complexity index is 807. The molecule has 0 spiro atoms. The number of ether oxygens (including phenoxy) is 2. The summed E-state index contributed by atoms with van der Waals surface area (Å²) in [6.45, 7) is 2.89. The molecule has 0 aliphatic heterocycles. The van der Waals surface area contributed by atoms with Crippen molar-refractivity contribution in [1.29, 1.82) is 0 Å². The van der Waals surface area contributed by atoms with E-state index in [1.165, 1.54) is 12.1 Å². The molecule has 142 valence electrons. The second kappa shape index (κ2) is 9.54. The van der Waals surface area contributed by atoms with Crippen LogP contribution in [-0.4, -0.2) is 33.6 Å². The van der Waals surface area contributed by atoms with Gasteiger partial charge < -0.3 is 14.8 Å². The molecule has 0 radical (unpaired) electrons. The molecule has 0 saturated carbocycles. The van der Waals surface area contributed by atoms with Gasteiger partial charge >= 0.3 is 0 Å². The Morgan fingerprint density at radius 2 is 1.73 bits per heavy atom. The number of benzene rings is 2. The lowest BCUT2D eigenvalue weighted by Crippen LogP contribution is -2.23. The van der Waals surface area contributed by atoms with Crippen LogP contribution in [0.15, 0.2) is 42.5 Å². The second-order valence-electron chi connectivity index (χ2n) is 5.81. The van der Waals surface area contributed by atoms with E-state index in [4.69, 9.17) is 9.47 Å². The Morgan fingerprint density at radius 1 is 1.04 bits per heavy atom.